The van der Waals surface area contributed by atoms with Crippen molar-refractivity contribution in [1.29, 1.82) is 0 Å². The fourth-order valence-corrected chi connectivity index (χ4v) is 2.00. The smallest absolute Gasteiger partial charge is 0.333 e. The topological polar surface area (TPSA) is 55.8 Å². The monoisotopic (exact) mass is 331 g/mol. The molecule has 0 aromatic heterocycles. The van der Waals surface area contributed by atoms with Gasteiger partial charge in [0.25, 0.3) is 0 Å². The lowest BCUT2D eigenvalue weighted by Crippen LogP contribution is -2.21. The van der Waals surface area contributed by atoms with Gasteiger partial charge in [-0.3, -0.25) is 0 Å². The SMILES string of the molecule is C=C(C)C(=O)OCCOC(=O)C=Cc1ccc(N(CC)CC)cc1. The molecule has 0 heterocycles. The molecule has 130 valence electrons. The zero-order valence-corrected chi connectivity index (χ0v) is 14.6. The summed E-state index contributed by atoms with van der Waals surface area (Å²) in [5, 5.41) is 0. The van der Waals surface area contributed by atoms with Gasteiger partial charge >= 0.3 is 11.9 Å². The second-order valence-corrected chi connectivity index (χ2v) is 5.18. The van der Waals surface area contributed by atoms with Crippen LogP contribution in [0.15, 0.2) is 42.5 Å². The van der Waals surface area contributed by atoms with Gasteiger partial charge in [-0.25, -0.2) is 9.59 Å². The van der Waals surface area contributed by atoms with E-state index in [9.17, 15) is 9.59 Å². The van der Waals surface area contributed by atoms with Crippen molar-refractivity contribution in [2.24, 2.45) is 0 Å². The van der Waals surface area contributed by atoms with Gasteiger partial charge in [0, 0.05) is 30.4 Å². The first-order valence-electron chi connectivity index (χ1n) is 8.00. The molecule has 0 saturated carbocycles. The molecule has 0 aliphatic rings. The van der Waals surface area contributed by atoms with Gasteiger partial charge in [-0.1, -0.05) is 18.7 Å². The van der Waals surface area contributed by atoms with E-state index in [2.05, 4.69) is 25.3 Å². The zero-order valence-electron chi connectivity index (χ0n) is 14.6. The summed E-state index contributed by atoms with van der Waals surface area (Å²) >= 11 is 0. The molecule has 0 amide bonds. The summed E-state index contributed by atoms with van der Waals surface area (Å²) in [7, 11) is 0. The minimum absolute atomic E-state index is 0.0170. The summed E-state index contributed by atoms with van der Waals surface area (Å²) < 4.78 is 9.78. The molecule has 1 rings (SSSR count). The van der Waals surface area contributed by atoms with Gasteiger partial charge in [-0.05, 0) is 44.5 Å². The molecular weight excluding hydrogens is 306 g/mol. The summed E-state index contributed by atoms with van der Waals surface area (Å²) in [5.41, 5.74) is 2.38. The molecule has 0 bridgehead atoms. The highest BCUT2D eigenvalue weighted by molar-refractivity contribution is 5.87. The molecule has 24 heavy (non-hydrogen) atoms. The molecule has 0 saturated heterocycles. The van der Waals surface area contributed by atoms with Gasteiger partial charge in [-0.15, -0.1) is 0 Å². The first-order chi connectivity index (χ1) is 11.5. The van der Waals surface area contributed by atoms with E-state index in [4.69, 9.17) is 9.47 Å². The van der Waals surface area contributed by atoms with Crippen LogP contribution in [0, 0.1) is 0 Å². The minimum Gasteiger partial charge on any atom is -0.459 e. The Balaban J connectivity index is 2.41. The van der Waals surface area contributed by atoms with Crippen LogP contribution in [0.2, 0.25) is 0 Å². The van der Waals surface area contributed by atoms with E-state index in [-0.39, 0.29) is 13.2 Å². The van der Waals surface area contributed by atoms with Crippen LogP contribution in [0.3, 0.4) is 0 Å². The van der Waals surface area contributed by atoms with Crippen LogP contribution in [0.1, 0.15) is 26.3 Å². The van der Waals surface area contributed by atoms with Crippen LogP contribution in [0.5, 0.6) is 0 Å². The number of nitrogens with zero attached hydrogens (tertiary/aromatic N) is 1. The van der Waals surface area contributed by atoms with Crippen molar-refractivity contribution in [3.63, 3.8) is 0 Å². The van der Waals surface area contributed by atoms with Crippen LogP contribution < -0.4 is 4.90 Å². The van der Waals surface area contributed by atoms with Crippen LogP contribution in [0.25, 0.3) is 6.08 Å². The number of benzene rings is 1. The van der Waals surface area contributed by atoms with Crippen molar-refractivity contribution < 1.29 is 19.1 Å². The second-order valence-electron chi connectivity index (χ2n) is 5.18. The standard InChI is InChI=1S/C19H25NO4/c1-5-20(6-2)17-10-7-16(8-11-17)9-12-18(21)23-13-14-24-19(22)15(3)4/h7-12H,3,5-6,13-14H2,1-2,4H3. The zero-order chi connectivity index (χ0) is 17.9. The molecule has 0 fully saturated rings. The van der Waals surface area contributed by atoms with E-state index in [1.54, 1.807) is 13.0 Å². The number of rotatable bonds is 9. The molecule has 0 aliphatic carbocycles. The summed E-state index contributed by atoms with van der Waals surface area (Å²) in [6.45, 7) is 11.2. The molecule has 0 unspecified atom stereocenters. The van der Waals surface area contributed by atoms with Crippen LogP contribution in [-0.2, 0) is 19.1 Å². The average molecular weight is 331 g/mol. The molecule has 0 N–H and O–H groups in total. The predicted octanol–water partition coefficient (Wildman–Crippen LogP) is 3.21. The minimum atomic E-state index is -0.491. The third-order valence-corrected chi connectivity index (χ3v) is 3.34. The van der Waals surface area contributed by atoms with Crippen LogP contribution in [-0.4, -0.2) is 38.2 Å². The van der Waals surface area contributed by atoms with E-state index in [0.29, 0.717) is 5.57 Å². The largest absolute Gasteiger partial charge is 0.459 e. The molecule has 0 atom stereocenters. The third-order valence-electron chi connectivity index (χ3n) is 3.34. The molecular formula is C19H25NO4. The van der Waals surface area contributed by atoms with Crippen molar-refractivity contribution >= 4 is 23.7 Å². The number of anilines is 1. The first-order valence-corrected chi connectivity index (χ1v) is 8.00. The summed E-state index contributed by atoms with van der Waals surface area (Å²) in [5.74, 6) is -0.968. The Morgan fingerprint density at radius 1 is 1.08 bits per heavy atom. The van der Waals surface area contributed by atoms with Crippen LogP contribution in [0.4, 0.5) is 5.69 Å². The maximum absolute atomic E-state index is 11.6. The Labute approximate surface area is 143 Å². The lowest BCUT2D eigenvalue weighted by atomic mass is 10.2. The molecule has 0 spiro atoms. The van der Waals surface area contributed by atoms with Crippen molar-refractivity contribution in [1.82, 2.24) is 0 Å². The summed E-state index contributed by atoms with van der Waals surface area (Å²) in [6, 6.07) is 7.95. The highest BCUT2D eigenvalue weighted by Crippen LogP contribution is 2.15. The third kappa shape index (κ3) is 6.69. The van der Waals surface area contributed by atoms with E-state index in [1.165, 1.54) is 6.08 Å². The number of ether oxygens (including phenoxy) is 2. The first kappa shape index (κ1) is 19.5. The van der Waals surface area contributed by atoms with Gasteiger partial charge in [0.1, 0.15) is 13.2 Å². The average Bonchev–Trinajstić information content (AvgIpc) is 2.58. The predicted molar refractivity (Wildman–Crippen MR) is 95.8 cm³/mol. The number of esters is 2. The lowest BCUT2D eigenvalue weighted by molar-refractivity contribution is -0.146. The van der Waals surface area contributed by atoms with E-state index in [0.717, 1.165) is 24.3 Å². The Morgan fingerprint density at radius 2 is 1.67 bits per heavy atom. The summed E-state index contributed by atoms with van der Waals surface area (Å²) in [4.78, 5) is 25.0. The molecule has 5 heteroatoms. The number of carbonyl (C=O) groups is 2. The van der Waals surface area contributed by atoms with Gasteiger partial charge in [0.05, 0.1) is 0 Å². The Morgan fingerprint density at radius 3 is 2.21 bits per heavy atom. The van der Waals surface area contributed by atoms with E-state index < -0.39 is 11.9 Å². The molecule has 5 nitrogen and oxygen atoms in total. The highest BCUT2D eigenvalue weighted by atomic mass is 16.6. The molecule has 1 aromatic carbocycles. The number of hydrogen-bond acceptors (Lipinski definition) is 5. The normalized spacial score (nSPS) is 10.5. The second kappa shape index (κ2) is 10.3. The van der Waals surface area contributed by atoms with Gasteiger partial charge < -0.3 is 14.4 Å². The number of carbonyl (C=O) groups excluding carboxylic acids is 2. The summed E-state index contributed by atoms with van der Waals surface area (Å²) in [6.07, 6.45) is 3.04. The Kier molecular flexibility index (Phi) is 8.33. The molecule has 0 radical (unpaired) electrons. The Hall–Kier alpha value is -2.56. The van der Waals surface area contributed by atoms with Gasteiger partial charge in [0.15, 0.2) is 0 Å². The van der Waals surface area contributed by atoms with Gasteiger partial charge in [-0.2, -0.15) is 0 Å². The maximum atomic E-state index is 11.6. The van der Waals surface area contributed by atoms with E-state index in [1.807, 2.05) is 24.3 Å². The fraction of sp³-hybridized carbons (Fsp3) is 0.368. The van der Waals surface area contributed by atoms with Gasteiger partial charge in [0.2, 0.25) is 0 Å². The lowest BCUT2D eigenvalue weighted by Gasteiger charge is -2.20. The van der Waals surface area contributed by atoms with Crippen molar-refractivity contribution in [3.05, 3.63) is 48.1 Å². The van der Waals surface area contributed by atoms with Crippen molar-refractivity contribution in [2.75, 3.05) is 31.2 Å². The van der Waals surface area contributed by atoms with Crippen LogP contribution >= 0.6 is 0 Å². The van der Waals surface area contributed by atoms with E-state index >= 15 is 0 Å². The maximum Gasteiger partial charge on any atom is 0.333 e. The van der Waals surface area contributed by atoms with Crippen molar-refractivity contribution in [3.8, 4) is 0 Å². The quantitative estimate of drug-likeness (QED) is 0.395. The fourth-order valence-electron chi connectivity index (χ4n) is 2.00. The number of hydrogen-bond donors (Lipinski definition) is 0. The molecule has 1 aromatic rings. The molecule has 0 aliphatic heterocycles. The highest BCUT2D eigenvalue weighted by Gasteiger charge is 2.04. The van der Waals surface area contributed by atoms with Crippen molar-refractivity contribution in [2.45, 2.75) is 20.8 Å². The Bertz CT molecular complexity index is 586.